The first kappa shape index (κ1) is 10.5. The van der Waals surface area contributed by atoms with Crippen LogP contribution in [0.5, 0.6) is 5.75 Å². The van der Waals surface area contributed by atoms with Gasteiger partial charge >= 0.3 is 0 Å². The summed E-state index contributed by atoms with van der Waals surface area (Å²) in [5.41, 5.74) is 7.28. The zero-order valence-corrected chi connectivity index (χ0v) is 9.34. The van der Waals surface area contributed by atoms with Crippen LogP contribution in [0.4, 0.5) is 5.69 Å². The van der Waals surface area contributed by atoms with Gasteiger partial charge in [0, 0.05) is 18.2 Å². The molecule has 5 nitrogen and oxygen atoms in total. The highest BCUT2D eigenvalue weighted by atomic mass is 16.5. The Morgan fingerprint density at radius 3 is 2.94 bits per heavy atom. The fourth-order valence-corrected chi connectivity index (χ4v) is 1.59. The number of benzene rings is 1. The average Bonchev–Trinajstić information content (AvgIpc) is 2.76. The lowest BCUT2D eigenvalue weighted by atomic mass is 10.2. The molecule has 0 atom stereocenters. The predicted octanol–water partition coefficient (Wildman–Crippen LogP) is 1.42. The zero-order chi connectivity index (χ0) is 11.5. The molecular weight excluding hydrogens is 204 g/mol. The molecule has 0 aliphatic heterocycles. The van der Waals surface area contributed by atoms with E-state index in [0.717, 1.165) is 23.7 Å². The van der Waals surface area contributed by atoms with E-state index in [4.69, 9.17) is 10.5 Å². The number of aryl methyl sites for hydroxylation is 1. The van der Waals surface area contributed by atoms with Gasteiger partial charge in [-0.1, -0.05) is 6.92 Å². The molecule has 0 saturated carbocycles. The molecule has 1 aromatic heterocycles. The van der Waals surface area contributed by atoms with Crippen molar-refractivity contribution in [2.45, 2.75) is 13.3 Å². The van der Waals surface area contributed by atoms with Crippen molar-refractivity contribution in [2.24, 2.45) is 0 Å². The molecule has 0 spiro atoms. The molecular formula is C11H14N4O. The fourth-order valence-electron chi connectivity index (χ4n) is 1.59. The van der Waals surface area contributed by atoms with Crippen LogP contribution in [0.15, 0.2) is 24.5 Å². The largest absolute Gasteiger partial charge is 0.494 e. The van der Waals surface area contributed by atoms with Crippen molar-refractivity contribution in [3.63, 3.8) is 0 Å². The Morgan fingerprint density at radius 2 is 2.25 bits per heavy atom. The molecule has 0 amide bonds. The smallest absolute Gasteiger partial charge is 0.144 e. The second kappa shape index (κ2) is 4.22. The van der Waals surface area contributed by atoms with E-state index < -0.39 is 0 Å². The summed E-state index contributed by atoms with van der Waals surface area (Å²) in [6.45, 7) is 2.03. The summed E-state index contributed by atoms with van der Waals surface area (Å²) in [6, 6.07) is 5.52. The highest BCUT2D eigenvalue weighted by Crippen LogP contribution is 2.25. The lowest BCUT2D eigenvalue weighted by molar-refractivity contribution is 0.413. The van der Waals surface area contributed by atoms with Crippen molar-refractivity contribution in [3.8, 4) is 11.4 Å². The minimum absolute atomic E-state index is 0.673. The first-order valence-electron chi connectivity index (χ1n) is 5.09. The molecule has 0 aliphatic carbocycles. The molecule has 0 radical (unpaired) electrons. The Bertz CT molecular complexity index is 492. The van der Waals surface area contributed by atoms with Crippen LogP contribution in [0, 0.1) is 0 Å². The van der Waals surface area contributed by atoms with Gasteiger partial charge in [0.05, 0.1) is 12.8 Å². The SMILES string of the molecule is CCc1nncn1-c1ccc(N)cc1OC. The molecule has 1 heterocycles. The van der Waals surface area contributed by atoms with E-state index in [1.54, 1.807) is 19.5 Å². The third-order valence-corrected chi connectivity index (χ3v) is 2.40. The minimum atomic E-state index is 0.673. The van der Waals surface area contributed by atoms with Crippen LogP contribution in [0.25, 0.3) is 5.69 Å². The number of hydrogen-bond donors (Lipinski definition) is 1. The molecule has 0 bridgehead atoms. The summed E-state index contributed by atoms with van der Waals surface area (Å²) in [5.74, 6) is 1.61. The lowest BCUT2D eigenvalue weighted by Crippen LogP contribution is -2.02. The van der Waals surface area contributed by atoms with Crippen molar-refractivity contribution < 1.29 is 4.74 Å². The van der Waals surface area contributed by atoms with Crippen molar-refractivity contribution >= 4 is 5.69 Å². The van der Waals surface area contributed by atoms with Crippen molar-refractivity contribution in [2.75, 3.05) is 12.8 Å². The first-order valence-corrected chi connectivity index (χ1v) is 5.09. The Kier molecular flexibility index (Phi) is 2.76. The molecule has 0 saturated heterocycles. The number of nitrogen functional groups attached to an aromatic ring is 1. The maximum atomic E-state index is 5.71. The van der Waals surface area contributed by atoms with Gasteiger partial charge in [0.25, 0.3) is 0 Å². The van der Waals surface area contributed by atoms with E-state index in [9.17, 15) is 0 Å². The predicted molar refractivity (Wildman–Crippen MR) is 61.7 cm³/mol. The van der Waals surface area contributed by atoms with Gasteiger partial charge in [-0.2, -0.15) is 0 Å². The van der Waals surface area contributed by atoms with Gasteiger partial charge in [-0.05, 0) is 12.1 Å². The molecule has 5 heteroatoms. The van der Waals surface area contributed by atoms with E-state index in [0.29, 0.717) is 5.69 Å². The summed E-state index contributed by atoms with van der Waals surface area (Å²) in [6.07, 6.45) is 2.49. The van der Waals surface area contributed by atoms with E-state index in [1.165, 1.54) is 0 Å². The van der Waals surface area contributed by atoms with Gasteiger partial charge < -0.3 is 10.5 Å². The Labute approximate surface area is 93.9 Å². The van der Waals surface area contributed by atoms with Crippen LogP contribution in [0.2, 0.25) is 0 Å². The molecule has 2 aromatic rings. The maximum absolute atomic E-state index is 5.71. The van der Waals surface area contributed by atoms with Gasteiger partial charge in [-0.25, -0.2) is 0 Å². The van der Waals surface area contributed by atoms with Crippen molar-refractivity contribution in [3.05, 3.63) is 30.4 Å². The third kappa shape index (κ3) is 1.71. The number of ether oxygens (including phenoxy) is 1. The standard InChI is InChI=1S/C11H14N4O/c1-3-11-14-13-7-15(11)9-5-4-8(12)6-10(9)16-2/h4-7H,3,12H2,1-2H3. The molecule has 2 N–H and O–H groups in total. The minimum Gasteiger partial charge on any atom is -0.494 e. The molecule has 0 fully saturated rings. The molecule has 0 aliphatic rings. The first-order chi connectivity index (χ1) is 7.76. The summed E-state index contributed by atoms with van der Waals surface area (Å²) >= 11 is 0. The maximum Gasteiger partial charge on any atom is 0.144 e. The Balaban J connectivity index is 2.55. The molecule has 2 rings (SSSR count). The van der Waals surface area contributed by atoms with Gasteiger partial charge in [0.2, 0.25) is 0 Å². The molecule has 16 heavy (non-hydrogen) atoms. The number of nitrogens with two attached hydrogens (primary N) is 1. The van der Waals surface area contributed by atoms with Crippen LogP contribution in [0.3, 0.4) is 0 Å². The van der Waals surface area contributed by atoms with E-state index in [2.05, 4.69) is 10.2 Å². The molecule has 84 valence electrons. The molecule has 0 unspecified atom stereocenters. The quantitative estimate of drug-likeness (QED) is 0.791. The monoisotopic (exact) mass is 218 g/mol. The number of hydrogen-bond acceptors (Lipinski definition) is 4. The number of methoxy groups -OCH3 is 1. The Morgan fingerprint density at radius 1 is 1.44 bits per heavy atom. The van der Waals surface area contributed by atoms with Crippen LogP contribution in [0.1, 0.15) is 12.7 Å². The second-order valence-electron chi connectivity index (χ2n) is 3.40. The van der Waals surface area contributed by atoms with E-state index >= 15 is 0 Å². The van der Waals surface area contributed by atoms with Crippen molar-refractivity contribution in [1.29, 1.82) is 0 Å². The highest BCUT2D eigenvalue weighted by molar-refractivity contribution is 5.56. The highest BCUT2D eigenvalue weighted by Gasteiger charge is 2.09. The summed E-state index contributed by atoms with van der Waals surface area (Å²) in [4.78, 5) is 0. The van der Waals surface area contributed by atoms with E-state index in [1.807, 2.05) is 23.6 Å². The van der Waals surface area contributed by atoms with E-state index in [-0.39, 0.29) is 0 Å². The van der Waals surface area contributed by atoms with Gasteiger partial charge in [-0.3, -0.25) is 4.57 Å². The summed E-state index contributed by atoms with van der Waals surface area (Å²) in [7, 11) is 1.62. The normalized spacial score (nSPS) is 10.4. The average molecular weight is 218 g/mol. The zero-order valence-electron chi connectivity index (χ0n) is 9.34. The number of nitrogens with zero attached hydrogens (tertiary/aromatic N) is 3. The topological polar surface area (TPSA) is 66.0 Å². The summed E-state index contributed by atoms with van der Waals surface area (Å²) in [5, 5.41) is 7.93. The van der Waals surface area contributed by atoms with Crippen LogP contribution in [-0.4, -0.2) is 21.9 Å². The van der Waals surface area contributed by atoms with Crippen LogP contribution >= 0.6 is 0 Å². The number of rotatable bonds is 3. The number of aromatic nitrogens is 3. The second-order valence-corrected chi connectivity index (χ2v) is 3.40. The lowest BCUT2D eigenvalue weighted by Gasteiger charge is -2.11. The fraction of sp³-hybridized carbons (Fsp3) is 0.273. The van der Waals surface area contributed by atoms with Crippen molar-refractivity contribution in [1.82, 2.24) is 14.8 Å². The van der Waals surface area contributed by atoms with Crippen LogP contribution in [-0.2, 0) is 6.42 Å². The molecule has 1 aromatic carbocycles. The van der Waals surface area contributed by atoms with Crippen LogP contribution < -0.4 is 10.5 Å². The Hall–Kier alpha value is -2.04. The third-order valence-electron chi connectivity index (χ3n) is 2.40. The van der Waals surface area contributed by atoms with Gasteiger partial charge in [0.15, 0.2) is 0 Å². The van der Waals surface area contributed by atoms with Gasteiger partial charge in [0.1, 0.15) is 17.9 Å². The number of anilines is 1. The van der Waals surface area contributed by atoms with Gasteiger partial charge in [-0.15, -0.1) is 10.2 Å². The summed E-state index contributed by atoms with van der Waals surface area (Å²) < 4.78 is 7.19.